The number of amides is 2. The fraction of sp³-hybridized carbons (Fsp3) is 0.464. The standard InChI is InChI=1S/C28H35N9O4S/c1-20(2)33-24-16-26(31-17-21(24)6-4-3-5-10-30-28(38)36-12-14-41-15-13-36)34-25-9-11-29-27(35-25)22-18-32-37(19-22)42(39,40)23-7-8-23/h9,11,16-20,23H,3,5,7-8,10,12-15H2,1-2H3,(H,30,38)(H2,29,31,33,34,35). The molecule has 2 amide bonds. The summed E-state index contributed by atoms with van der Waals surface area (Å²) in [6.07, 6.45) is 8.89. The van der Waals surface area contributed by atoms with Crippen LogP contribution in [0, 0.1) is 11.8 Å². The van der Waals surface area contributed by atoms with Crippen molar-refractivity contribution in [2.75, 3.05) is 43.5 Å². The smallest absolute Gasteiger partial charge is 0.317 e. The third-order valence-electron chi connectivity index (χ3n) is 6.56. The highest BCUT2D eigenvalue weighted by Crippen LogP contribution is 2.30. The summed E-state index contributed by atoms with van der Waals surface area (Å²) in [4.78, 5) is 27.3. The van der Waals surface area contributed by atoms with Gasteiger partial charge in [-0.2, -0.15) is 9.19 Å². The Morgan fingerprint density at radius 3 is 2.74 bits per heavy atom. The Bertz CT molecular complexity index is 1570. The molecule has 3 aromatic heterocycles. The zero-order valence-corrected chi connectivity index (χ0v) is 24.5. The minimum atomic E-state index is -3.47. The molecule has 1 aliphatic carbocycles. The van der Waals surface area contributed by atoms with Crippen LogP contribution in [-0.4, -0.2) is 87.6 Å². The van der Waals surface area contributed by atoms with E-state index in [-0.39, 0.29) is 17.3 Å². The van der Waals surface area contributed by atoms with E-state index >= 15 is 0 Å². The SMILES string of the molecule is CC(C)Nc1cc(Nc2ccnc(-c3cnn(S(=O)(=O)C4CC4)c3)n2)ncc1C#CCCCNC(=O)N1CCOCC1. The molecule has 0 aromatic carbocycles. The van der Waals surface area contributed by atoms with Crippen molar-refractivity contribution in [2.24, 2.45) is 0 Å². The predicted molar refractivity (Wildman–Crippen MR) is 159 cm³/mol. The fourth-order valence-corrected chi connectivity index (χ4v) is 5.71. The van der Waals surface area contributed by atoms with Crippen LogP contribution in [0.3, 0.4) is 0 Å². The summed E-state index contributed by atoms with van der Waals surface area (Å²) in [5, 5.41) is 13.2. The van der Waals surface area contributed by atoms with Crippen molar-refractivity contribution >= 4 is 33.4 Å². The van der Waals surface area contributed by atoms with E-state index in [4.69, 9.17) is 4.74 Å². The quantitative estimate of drug-likeness (QED) is 0.236. The highest BCUT2D eigenvalue weighted by molar-refractivity contribution is 7.90. The number of nitrogens with one attached hydrogen (secondary N) is 3. The molecule has 3 aromatic rings. The van der Waals surface area contributed by atoms with Gasteiger partial charge in [-0.1, -0.05) is 11.8 Å². The Morgan fingerprint density at radius 2 is 1.98 bits per heavy atom. The van der Waals surface area contributed by atoms with Crippen molar-refractivity contribution in [3.05, 3.63) is 42.5 Å². The normalized spacial score (nSPS) is 15.2. The van der Waals surface area contributed by atoms with Gasteiger partial charge in [-0.25, -0.2) is 28.2 Å². The molecule has 1 saturated carbocycles. The van der Waals surface area contributed by atoms with Crippen molar-refractivity contribution in [1.29, 1.82) is 0 Å². The third-order valence-corrected chi connectivity index (χ3v) is 8.60. The first-order valence-corrected chi connectivity index (χ1v) is 15.6. The van der Waals surface area contributed by atoms with Crippen molar-refractivity contribution in [3.63, 3.8) is 0 Å². The summed E-state index contributed by atoms with van der Waals surface area (Å²) in [7, 11) is -3.47. The lowest BCUT2D eigenvalue weighted by Crippen LogP contribution is -2.46. The van der Waals surface area contributed by atoms with Crippen LogP contribution in [0.4, 0.5) is 22.1 Å². The van der Waals surface area contributed by atoms with Gasteiger partial charge in [-0.15, -0.1) is 0 Å². The number of anilines is 3. The van der Waals surface area contributed by atoms with Gasteiger partial charge in [0.05, 0.1) is 47.7 Å². The topological polar surface area (TPSA) is 156 Å². The molecule has 5 rings (SSSR count). The Hall–Kier alpha value is -4.22. The molecule has 2 fully saturated rings. The monoisotopic (exact) mass is 593 g/mol. The lowest BCUT2D eigenvalue weighted by molar-refractivity contribution is 0.0532. The molecule has 0 atom stereocenters. The molecule has 4 heterocycles. The molecule has 1 saturated heterocycles. The molecular formula is C28H35N9O4S. The summed E-state index contributed by atoms with van der Waals surface area (Å²) in [6.45, 7) is 7.04. The van der Waals surface area contributed by atoms with Crippen molar-refractivity contribution in [2.45, 2.75) is 50.8 Å². The number of urea groups is 1. The zero-order valence-electron chi connectivity index (χ0n) is 23.7. The number of carbonyl (C=O) groups is 1. The van der Waals surface area contributed by atoms with Crippen LogP contribution in [-0.2, 0) is 14.8 Å². The van der Waals surface area contributed by atoms with Gasteiger partial charge >= 0.3 is 6.03 Å². The highest BCUT2D eigenvalue weighted by Gasteiger charge is 2.37. The third kappa shape index (κ3) is 7.54. The fourth-order valence-electron chi connectivity index (χ4n) is 4.24. The number of morpholine rings is 1. The maximum absolute atomic E-state index is 12.5. The second-order valence-electron chi connectivity index (χ2n) is 10.4. The maximum atomic E-state index is 12.5. The number of carbonyl (C=O) groups excluding carboxylic acids is 1. The van der Waals surface area contributed by atoms with Gasteiger partial charge in [0.1, 0.15) is 11.6 Å². The van der Waals surface area contributed by atoms with Gasteiger partial charge in [0.2, 0.25) is 0 Å². The second-order valence-corrected chi connectivity index (χ2v) is 12.5. The van der Waals surface area contributed by atoms with Gasteiger partial charge in [0.15, 0.2) is 5.82 Å². The molecule has 3 N–H and O–H groups in total. The highest BCUT2D eigenvalue weighted by atomic mass is 32.2. The Morgan fingerprint density at radius 1 is 1.17 bits per heavy atom. The van der Waals surface area contributed by atoms with Crippen molar-refractivity contribution in [1.82, 2.24) is 34.4 Å². The first-order valence-electron chi connectivity index (χ1n) is 14.0. The number of aromatic nitrogens is 5. The van der Waals surface area contributed by atoms with Crippen LogP contribution < -0.4 is 16.0 Å². The van der Waals surface area contributed by atoms with Gasteiger partial charge in [-0.05, 0) is 39.2 Å². The van der Waals surface area contributed by atoms with Crippen LogP contribution in [0.25, 0.3) is 11.4 Å². The average molecular weight is 594 g/mol. The summed E-state index contributed by atoms with van der Waals surface area (Å²) in [5.74, 6) is 7.78. The van der Waals surface area contributed by atoms with Crippen LogP contribution >= 0.6 is 0 Å². The number of rotatable bonds is 10. The molecule has 0 radical (unpaired) electrons. The van der Waals surface area contributed by atoms with E-state index in [0.717, 1.165) is 21.8 Å². The second kappa shape index (κ2) is 13.2. The first-order chi connectivity index (χ1) is 20.3. The summed E-state index contributed by atoms with van der Waals surface area (Å²) >= 11 is 0. The molecule has 2 aliphatic rings. The number of unbranched alkanes of at least 4 members (excludes halogenated alkanes) is 1. The molecule has 42 heavy (non-hydrogen) atoms. The van der Waals surface area contributed by atoms with E-state index in [1.165, 1.54) is 12.4 Å². The number of nitrogens with zero attached hydrogens (tertiary/aromatic N) is 6. The van der Waals surface area contributed by atoms with E-state index < -0.39 is 10.0 Å². The van der Waals surface area contributed by atoms with Crippen LogP contribution in [0.15, 0.2) is 36.9 Å². The maximum Gasteiger partial charge on any atom is 0.317 e. The summed E-state index contributed by atoms with van der Waals surface area (Å²) in [6, 6.07) is 3.69. The minimum Gasteiger partial charge on any atom is -0.382 e. The molecule has 14 heteroatoms. The lowest BCUT2D eigenvalue weighted by Gasteiger charge is -2.26. The Kier molecular flexibility index (Phi) is 9.19. The number of pyridine rings is 1. The van der Waals surface area contributed by atoms with E-state index in [9.17, 15) is 13.2 Å². The average Bonchev–Trinajstić information content (AvgIpc) is 3.73. The van der Waals surface area contributed by atoms with Crippen molar-refractivity contribution < 1.29 is 17.9 Å². The van der Waals surface area contributed by atoms with Gasteiger partial charge in [0, 0.05) is 50.6 Å². The summed E-state index contributed by atoms with van der Waals surface area (Å²) < 4.78 is 31.2. The molecule has 0 bridgehead atoms. The van der Waals surface area contributed by atoms with E-state index in [1.807, 2.05) is 19.9 Å². The first kappa shape index (κ1) is 29.3. The van der Waals surface area contributed by atoms with E-state index in [1.54, 1.807) is 23.4 Å². The van der Waals surface area contributed by atoms with E-state index in [2.05, 4.69) is 47.8 Å². The number of hydrogen-bond donors (Lipinski definition) is 3. The van der Waals surface area contributed by atoms with E-state index in [0.29, 0.717) is 75.1 Å². The van der Waals surface area contributed by atoms with Gasteiger partial charge in [-0.3, -0.25) is 0 Å². The Labute approximate surface area is 245 Å². The molecule has 0 spiro atoms. The van der Waals surface area contributed by atoms with Crippen LogP contribution in [0.5, 0.6) is 0 Å². The minimum absolute atomic E-state index is 0.0608. The van der Waals surface area contributed by atoms with Gasteiger partial charge < -0.3 is 25.6 Å². The van der Waals surface area contributed by atoms with Crippen LogP contribution in [0.2, 0.25) is 0 Å². The Balaban J connectivity index is 1.20. The number of ether oxygens (including phenoxy) is 1. The zero-order chi connectivity index (χ0) is 29.5. The van der Waals surface area contributed by atoms with Crippen LogP contribution in [0.1, 0.15) is 45.1 Å². The lowest BCUT2D eigenvalue weighted by atomic mass is 10.2. The largest absolute Gasteiger partial charge is 0.382 e. The van der Waals surface area contributed by atoms with Gasteiger partial charge in [0.25, 0.3) is 10.0 Å². The molecule has 222 valence electrons. The van der Waals surface area contributed by atoms with Crippen molar-refractivity contribution in [3.8, 4) is 23.2 Å². The summed E-state index contributed by atoms with van der Waals surface area (Å²) in [5.41, 5.74) is 2.10. The molecule has 0 unspecified atom stereocenters. The molecular weight excluding hydrogens is 558 g/mol. The molecule has 1 aliphatic heterocycles. The molecule has 13 nitrogen and oxygen atoms in total. The number of hydrogen-bond acceptors (Lipinski definition) is 10. The predicted octanol–water partition coefficient (Wildman–Crippen LogP) is 2.81.